The lowest BCUT2D eigenvalue weighted by atomic mass is 10.00. The van der Waals surface area contributed by atoms with Crippen molar-refractivity contribution >= 4 is 28.9 Å². The van der Waals surface area contributed by atoms with Crippen molar-refractivity contribution in [3.05, 3.63) is 41.2 Å². The summed E-state index contributed by atoms with van der Waals surface area (Å²) in [6, 6.07) is 3.69. The van der Waals surface area contributed by atoms with Gasteiger partial charge in [-0.05, 0) is 30.2 Å². The largest absolute Gasteiger partial charge is 0.478 e. The molecular weight excluding hydrogens is 311 g/mol. The fraction of sp³-hybridized carbons (Fsp3) is 0.333. The van der Waals surface area contributed by atoms with E-state index in [9.17, 15) is 24.2 Å². The molecule has 0 amide bonds. The minimum absolute atomic E-state index is 0.00395. The van der Waals surface area contributed by atoms with Crippen LogP contribution in [0.25, 0.3) is 6.08 Å². The lowest BCUT2D eigenvalue weighted by Crippen LogP contribution is -2.19. The van der Waals surface area contributed by atoms with Crippen molar-refractivity contribution in [2.75, 3.05) is 5.75 Å². The molecule has 0 aliphatic rings. The van der Waals surface area contributed by atoms with E-state index < -0.39 is 24.0 Å². The van der Waals surface area contributed by atoms with E-state index in [1.807, 2.05) is 0 Å². The summed E-state index contributed by atoms with van der Waals surface area (Å²) in [4.78, 5) is 21.3. The molecular formula is C15H17FO5S. The van der Waals surface area contributed by atoms with Crippen LogP contribution in [0.5, 0.6) is 0 Å². The fourth-order valence-corrected chi connectivity index (χ4v) is 2.39. The zero-order chi connectivity index (χ0) is 16.7. The maximum Gasteiger partial charge on any atom is 0.328 e. The number of carbonyl (C=O) groups excluding carboxylic acids is 1. The van der Waals surface area contributed by atoms with Gasteiger partial charge in [0, 0.05) is 24.3 Å². The summed E-state index contributed by atoms with van der Waals surface area (Å²) in [5.41, 5.74) is 0.274. The van der Waals surface area contributed by atoms with Crippen LogP contribution in [0.2, 0.25) is 0 Å². The molecule has 2 unspecified atom stereocenters. The molecule has 1 rings (SSSR count). The summed E-state index contributed by atoms with van der Waals surface area (Å²) < 4.78 is 13.5. The molecule has 5 nitrogen and oxygen atoms in total. The third-order valence-electron chi connectivity index (χ3n) is 2.85. The van der Waals surface area contributed by atoms with Gasteiger partial charge in [0.05, 0.1) is 6.10 Å². The van der Waals surface area contributed by atoms with E-state index in [0.29, 0.717) is 5.75 Å². The Balaban J connectivity index is 2.80. The van der Waals surface area contributed by atoms with E-state index in [4.69, 9.17) is 5.11 Å². The van der Waals surface area contributed by atoms with Crippen molar-refractivity contribution in [3.8, 4) is 0 Å². The van der Waals surface area contributed by atoms with Gasteiger partial charge in [-0.25, -0.2) is 9.18 Å². The number of carboxylic acid groups (broad SMARTS) is 1. The zero-order valence-electron chi connectivity index (χ0n) is 11.9. The number of benzene rings is 1. The lowest BCUT2D eigenvalue weighted by molar-refractivity contribution is -0.131. The highest BCUT2D eigenvalue weighted by Crippen LogP contribution is 2.23. The van der Waals surface area contributed by atoms with Gasteiger partial charge < -0.3 is 15.3 Å². The smallest absolute Gasteiger partial charge is 0.328 e. The quantitative estimate of drug-likeness (QED) is 0.663. The molecule has 7 heteroatoms. The molecule has 22 heavy (non-hydrogen) atoms. The molecule has 0 aromatic heterocycles. The second-order valence-electron chi connectivity index (χ2n) is 4.59. The van der Waals surface area contributed by atoms with Crippen LogP contribution in [-0.4, -0.2) is 38.3 Å². The Bertz CT molecular complexity index is 573. The molecule has 0 spiro atoms. The number of carboxylic acids is 1. The van der Waals surface area contributed by atoms with Crippen LogP contribution in [0.4, 0.5) is 4.39 Å². The molecule has 2 atom stereocenters. The summed E-state index contributed by atoms with van der Waals surface area (Å²) in [5, 5.41) is 28.4. The standard InChI is InChI=1S/C15H17FO5S/c1-9(17)22-7-6-13(18)15(21)11-2-4-12(16)10(8-11)3-5-14(19)20/h2-5,8,13,15,18,21H,6-7H2,1H3,(H,19,20)/b5-3+. The number of aliphatic hydroxyl groups is 2. The number of halogens is 1. The first-order chi connectivity index (χ1) is 10.3. The van der Waals surface area contributed by atoms with Gasteiger partial charge in [0.15, 0.2) is 5.12 Å². The third kappa shape index (κ3) is 5.97. The first-order valence-corrected chi connectivity index (χ1v) is 7.49. The molecule has 0 saturated carbocycles. The van der Waals surface area contributed by atoms with Crippen LogP contribution in [-0.2, 0) is 9.59 Å². The van der Waals surface area contributed by atoms with Gasteiger partial charge in [-0.2, -0.15) is 0 Å². The van der Waals surface area contributed by atoms with Crippen LogP contribution in [0.3, 0.4) is 0 Å². The normalized spacial score (nSPS) is 14.0. The summed E-state index contributed by atoms with van der Waals surface area (Å²) in [5.74, 6) is -1.48. The molecule has 1 aromatic rings. The summed E-state index contributed by atoms with van der Waals surface area (Å²) in [7, 11) is 0. The molecule has 120 valence electrons. The Hall–Kier alpha value is -1.70. The van der Waals surface area contributed by atoms with E-state index in [1.165, 1.54) is 19.1 Å². The van der Waals surface area contributed by atoms with Gasteiger partial charge in [-0.15, -0.1) is 0 Å². The van der Waals surface area contributed by atoms with Crippen molar-refractivity contribution in [2.45, 2.75) is 25.6 Å². The molecule has 1 aromatic carbocycles. The van der Waals surface area contributed by atoms with E-state index in [1.54, 1.807) is 0 Å². The van der Waals surface area contributed by atoms with Crippen LogP contribution in [0, 0.1) is 5.82 Å². The number of aliphatic hydroxyl groups excluding tert-OH is 2. The number of aliphatic carboxylic acids is 1. The molecule has 0 bridgehead atoms. The van der Waals surface area contributed by atoms with Crippen LogP contribution < -0.4 is 0 Å². The van der Waals surface area contributed by atoms with E-state index in [0.717, 1.165) is 30.0 Å². The lowest BCUT2D eigenvalue weighted by Gasteiger charge is -2.18. The predicted molar refractivity (Wildman–Crippen MR) is 81.8 cm³/mol. The van der Waals surface area contributed by atoms with E-state index >= 15 is 0 Å². The van der Waals surface area contributed by atoms with Gasteiger partial charge in [0.25, 0.3) is 0 Å². The average molecular weight is 328 g/mol. The highest BCUT2D eigenvalue weighted by atomic mass is 32.2. The zero-order valence-corrected chi connectivity index (χ0v) is 12.7. The maximum atomic E-state index is 13.5. The van der Waals surface area contributed by atoms with Crippen LogP contribution in [0.1, 0.15) is 30.6 Å². The van der Waals surface area contributed by atoms with Crippen molar-refractivity contribution in [2.24, 2.45) is 0 Å². The Morgan fingerprint density at radius 3 is 2.64 bits per heavy atom. The molecule has 0 radical (unpaired) electrons. The van der Waals surface area contributed by atoms with Crippen LogP contribution in [0.15, 0.2) is 24.3 Å². The molecule has 0 aliphatic heterocycles. The van der Waals surface area contributed by atoms with E-state index in [2.05, 4.69) is 0 Å². The van der Waals surface area contributed by atoms with Crippen molar-refractivity contribution in [1.29, 1.82) is 0 Å². The molecule has 0 heterocycles. The maximum absolute atomic E-state index is 13.5. The average Bonchev–Trinajstić information content (AvgIpc) is 2.45. The van der Waals surface area contributed by atoms with Gasteiger partial charge in [-0.3, -0.25) is 4.79 Å². The molecule has 0 saturated heterocycles. The number of thioether (sulfide) groups is 1. The third-order valence-corrected chi connectivity index (χ3v) is 3.70. The monoisotopic (exact) mass is 328 g/mol. The topological polar surface area (TPSA) is 94.8 Å². The van der Waals surface area contributed by atoms with Crippen LogP contribution >= 0.6 is 11.8 Å². The predicted octanol–water partition coefficient (Wildman–Crippen LogP) is 1.99. The van der Waals surface area contributed by atoms with Crippen molar-refractivity contribution < 1.29 is 29.3 Å². The van der Waals surface area contributed by atoms with E-state index in [-0.39, 0.29) is 22.7 Å². The number of hydrogen-bond acceptors (Lipinski definition) is 5. The Morgan fingerprint density at radius 2 is 2.05 bits per heavy atom. The molecule has 0 fully saturated rings. The fourth-order valence-electron chi connectivity index (χ4n) is 1.74. The number of carbonyl (C=O) groups is 2. The van der Waals surface area contributed by atoms with Crippen molar-refractivity contribution in [3.63, 3.8) is 0 Å². The summed E-state index contributed by atoms with van der Waals surface area (Å²) in [6.07, 6.45) is -0.289. The minimum Gasteiger partial charge on any atom is -0.478 e. The number of rotatable bonds is 7. The minimum atomic E-state index is -1.25. The SMILES string of the molecule is CC(=O)SCCC(O)C(O)c1ccc(F)c(/C=C/C(=O)O)c1. The molecule has 3 N–H and O–H groups in total. The second kappa shape index (κ2) is 8.67. The number of hydrogen-bond donors (Lipinski definition) is 3. The second-order valence-corrected chi connectivity index (χ2v) is 5.87. The Kier molecular flexibility index (Phi) is 7.23. The highest BCUT2D eigenvalue weighted by Gasteiger charge is 2.19. The van der Waals surface area contributed by atoms with Crippen molar-refractivity contribution in [1.82, 2.24) is 0 Å². The first kappa shape index (κ1) is 18.3. The highest BCUT2D eigenvalue weighted by molar-refractivity contribution is 8.13. The summed E-state index contributed by atoms with van der Waals surface area (Å²) in [6.45, 7) is 1.41. The van der Waals surface area contributed by atoms with Gasteiger partial charge in [-0.1, -0.05) is 17.8 Å². The van der Waals surface area contributed by atoms with Gasteiger partial charge in [0.2, 0.25) is 0 Å². The summed E-state index contributed by atoms with van der Waals surface area (Å²) >= 11 is 1.04. The Labute approximate surface area is 131 Å². The van der Waals surface area contributed by atoms with Gasteiger partial charge >= 0.3 is 5.97 Å². The first-order valence-electron chi connectivity index (χ1n) is 6.51. The Morgan fingerprint density at radius 1 is 1.36 bits per heavy atom. The molecule has 0 aliphatic carbocycles. The van der Waals surface area contributed by atoms with Gasteiger partial charge in [0.1, 0.15) is 11.9 Å².